The molecule has 0 aliphatic rings. The minimum atomic E-state index is -3.67. The molecule has 0 fully saturated rings. The third-order valence-corrected chi connectivity index (χ3v) is 7.57. The third kappa shape index (κ3) is 3.42. The molecule has 0 amide bonds. The molecule has 0 saturated heterocycles. The van der Waals surface area contributed by atoms with Gasteiger partial charge < -0.3 is 0 Å². The van der Waals surface area contributed by atoms with E-state index in [4.69, 9.17) is 0 Å². The van der Waals surface area contributed by atoms with Gasteiger partial charge in [-0.3, -0.25) is 0 Å². The average Bonchev–Trinajstić information content (AvgIpc) is 2.60. The third-order valence-electron chi connectivity index (χ3n) is 3.78. The smallest absolute Gasteiger partial charge is 0.199 e. The summed E-state index contributed by atoms with van der Waals surface area (Å²) in [6, 6.07) is 20.8. The van der Waals surface area contributed by atoms with Gasteiger partial charge >= 0.3 is 0 Å². The first-order chi connectivity index (χ1) is 11.5. The zero-order valence-electron chi connectivity index (χ0n) is 13.6. The fourth-order valence-corrected chi connectivity index (χ4v) is 6.02. The molecular formula is C19H19NO2S2. The number of sulfonamides is 1. The average molecular weight is 358 g/mol. The van der Waals surface area contributed by atoms with Crippen molar-refractivity contribution in [2.24, 2.45) is 3.77 Å². The van der Waals surface area contributed by atoms with E-state index < -0.39 is 20.7 Å². The molecule has 0 aromatic heterocycles. The number of rotatable bonds is 4. The van der Waals surface area contributed by atoms with Gasteiger partial charge in [-0.15, -0.1) is 3.77 Å². The predicted octanol–water partition coefficient (Wildman–Crippen LogP) is 4.72. The van der Waals surface area contributed by atoms with Gasteiger partial charge in [0.15, 0.2) is 0 Å². The first kappa shape index (κ1) is 16.9. The van der Waals surface area contributed by atoms with Crippen molar-refractivity contribution in [3.8, 4) is 0 Å². The van der Waals surface area contributed by atoms with Crippen LogP contribution in [0.4, 0.5) is 0 Å². The van der Waals surface area contributed by atoms with E-state index in [0.717, 1.165) is 21.2 Å². The Bertz CT molecular complexity index is 1000. The summed E-state index contributed by atoms with van der Waals surface area (Å²) in [5.74, 6) is 0.652. The molecule has 0 aliphatic carbocycles. The Hall–Kier alpha value is -1.98. The Morgan fingerprint density at radius 3 is 2.29 bits per heavy atom. The summed E-state index contributed by atoms with van der Waals surface area (Å²) in [5.41, 5.74) is 1.03. The molecule has 3 aromatic rings. The van der Waals surface area contributed by atoms with Crippen molar-refractivity contribution in [3.63, 3.8) is 0 Å². The van der Waals surface area contributed by atoms with Crippen LogP contribution in [0, 0.1) is 6.92 Å². The molecule has 0 aliphatic heterocycles. The summed E-state index contributed by atoms with van der Waals surface area (Å²) in [6.45, 7) is 3.90. The summed E-state index contributed by atoms with van der Waals surface area (Å²) >= 11 is 0. The molecule has 5 heteroatoms. The van der Waals surface area contributed by atoms with Gasteiger partial charge in [0.25, 0.3) is 10.0 Å². The molecule has 0 N–H and O–H groups in total. The summed E-state index contributed by atoms with van der Waals surface area (Å²) in [4.78, 5) is 1.23. The second-order valence-electron chi connectivity index (χ2n) is 5.49. The van der Waals surface area contributed by atoms with Crippen molar-refractivity contribution in [1.82, 2.24) is 0 Å². The summed E-state index contributed by atoms with van der Waals surface area (Å²) in [7, 11) is -4.38. The fraction of sp³-hybridized carbons (Fsp3) is 0.158. The fourth-order valence-electron chi connectivity index (χ4n) is 2.52. The summed E-state index contributed by atoms with van der Waals surface area (Å²) in [6.07, 6.45) is 0. The molecular weight excluding hydrogens is 338 g/mol. The number of hydrogen-bond donors (Lipinski definition) is 0. The van der Waals surface area contributed by atoms with Gasteiger partial charge in [-0.25, -0.2) is 0 Å². The van der Waals surface area contributed by atoms with Crippen molar-refractivity contribution in [3.05, 3.63) is 72.3 Å². The molecule has 3 rings (SSSR count). The zero-order chi connectivity index (χ0) is 17.2. The Balaban J connectivity index is 2.13. The first-order valence-corrected chi connectivity index (χ1v) is 10.5. The highest BCUT2D eigenvalue weighted by Gasteiger charge is 2.15. The lowest BCUT2D eigenvalue weighted by Crippen LogP contribution is -2.03. The predicted molar refractivity (Wildman–Crippen MR) is 101 cm³/mol. The van der Waals surface area contributed by atoms with Crippen LogP contribution in [0.25, 0.3) is 10.8 Å². The quantitative estimate of drug-likeness (QED) is 0.678. The van der Waals surface area contributed by atoms with Crippen LogP contribution in [0.5, 0.6) is 0 Å². The first-order valence-electron chi connectivity index (χ1n) is 7.75. The lowest BCUT2D eigenvalue weighted by atomic mass is 10.1. The molecule has 1 atom stereocenters. The largest absolute Gasteiger partial charge is 0.288 e. The Kier molecular flexibility index (Phi) is 4.83. The van der Waals surface area contributed by atoms with Crippen LogP contribution >= 0.6 is 0 Å². The van der Waals surface area contributed by atoms with Crippen molar-refractivity contribution < 1.29 is 8.42 Å². The van der Waals surface area contributed by atoms with Crippen LogP contribution in [0.2, 0.25) is 0 Å². The summed E-state index contributed by atoms with van der Waals surface area (Å²) in [5, 5.41) is 2.16. The van der Waals surface area contributed by atoms with Crippen molar-refractivity contribution in [1.29, 1.82) is 0 Å². The van der Waals surface area contributed by atoms with Gasteiger partial charge in [-0.2, -0.15) is 8.42 Å². The van der Waals surface area contributed by atoms with Gasteiger partial charge in [-0.1, -0.05) is 71.7 Å². The maximum absolute atomic E-state index is 12.7. The molecule has 124 valence electrons. The standard InChI is InChI=1S/C19H19NO2S2/c1-3-23(19-10-6-8-16-7-4-5-9-18(16)19)20-24(21,22)17-13-11-15(2)12-14-17/h4-14H,3H2,1-2H3. The van der Waals surface area contributed by atoms with Crippen LogP contribution in [0.15, 0.2) is 80.3 Å². The SMILES string of the molecule is CCS(=NS(=O)(=O)c1ccc(C)cc1)c1cccc2ccccc12. The van der Waals surface area contributed by atoms with Crippen LogP contribution in [-0.2, 0) is 20.7 Å². The lowest BCUT2D eigenvalue weighted by Gasteiger charge is -2.10. The van der Waals surface area contributed by atoms with E-state index in [-0.39, 0.29) is 4.90 Å². The lowest BCUT2D eigenvalue weighted by molar-refractivity contribution is 0.598. The monoisotopic (exact) mass is 357 g/mol. The highest BCUT2D eigenvalue weighted by Crippen LogP contribution is 2.25. The van der Waals surface area contributed by atoms with E-state index in [1.807, 2.05) is 56.3 Å². The molecule has 0 spiro atoms. The van der Waals surface area contributed by atoms with Crippen LogP contribution in [0.1, 0.15) is 12.5 Å². The van der Waals surface area contributed by atoms with Crippen molar-refractivity contribution in [2.75, 3.05) is 5.75 Å². The molecule has 3 nitrogen and oxygen atoms in total. The summed E-state index contributed by atoms with van der Waals surface area (Å²) < 4.78 is 29.6. The Labute approximate surface area is 145 Å². The second kappa shape index (κ2) is 6.87. The Morgan fingerprint density at radius 1 is 0.917 bits per heavy atom. The van der Waals surface area contributed by atoms with Gasteiger partial charge in [0.2, 0.25) is 0 Å². The van der Waals surface area contributed by atoms with E-state index in [1.165, 1.54) is 0 Å². The molecule has 0 saturated carbocycles. The number of aryl methyl sites for hydroxylation is 1. The number of nitrogens with zero attached hydrogens (tertiary/aromatic N) is 1. The molecule has 0 radical (unpaired) electrons. The van der Waals surface area contributed by atoms with Crippen molar-refractivity contribution >= 4 is 31.5 Å². The van der Waals surface area contributed by atoms with Crippen LogP contribution in [0.3, 0.4) is 0 Å². The number of hydrogen-bond acceptors (Lipinski definition) is 2. The normalized spacial score (nSPS) is 13.2. The minimum absolute atomic E-state index is 0.249. The van der Waals surface area contributed by atoms with E-state index in [1.54, 1.807) is 24.3 Å². The maximum Gasteiger partial charge on any atom is 0.288 e. The van der Waals surface area contributed by atoms with E-state index in [0.29, 0.717) is 5.75 Å². The number of fused-ring (bicyclic) bond motifs is 1. The van der Waals surface area contributed by atoms with Gasteiger partial charge in [0.05, 0.1) is 4.90 Å². The topological polar surface area (TPSA) is 46.5 Å². The van der Waals surface area contributed by atoms with Crippen LogP contribution < -0.4 is 0 Å². The van der Waals surface area contributed by atoms with E-state index in [9.17, 15) is 8.42 Å². The highest BCUT2D eigenvalue weighted by molar-refractivity contribution is 8.00. The second-order valence-corrected chi connectivity index (χ2v) is 9.26. The molecule has 0 bridgehead atoms. The van der Waals surface area contributed by atoms with E-state index in [2.05, 4.69) is 3.77 Å². The Morgan fingerprint density at radius 2 is 1.58 bits per heavy atom. The van der Waals surface area contributed by atoms with Gasteiger partial charge in [-0.05, 0) is 35.9 Å². The van der Waals surface area contributed by atoms with Gasteiger partial charge in [0.1, 0.15) is 0 Å². The van der Waals surface area contributed by atoms with E-state index >= 15 is 0 Å². The van der Waals surface area contributed by atoms with Crippen LogP contribution in [-0.4, -0.2) is 14.2 Å². The molecule has 24 heavy (non-hydrogen) atoms. The molecule has 1 unspecified atom stereocenters. The van der Waals surface area contributed by atoms with Gasteiger partial charge in [0, 0.05) is 10.6 Å². The maximum atomic E-state index is 12.7. The number of benzene rings is 3. The highest BCUT2D eigenvalue weighted by atomic mass is 32.3. The minimum Gasteiger partial charge on any atom is -0.199 e. The van der Waals surface area contributed by atoms with Crippen molar-refractivity contribution in [2.45, 2.75) is 23.6 Å². The zero-order valence-corrected chi connectivity index (χ0v) is 15.3. The molecule has 0 heterocycles. The molecule has 3 aromatic carbocycles.